The van der Waals surface area contributed by atoms with E-state index < -0.39 is 0 Å². The van der Waals surface area contributed by atoms with Gasteiger partial charge in [0, 0.05) is 30.2 Å². The number of anilines is 1. The molecule has 4 nitrogen and oxygen atoms in total. The molecule has 2 N–H and O–H groups in total. The summed E-state index contributed by atoms with van der Waals surface area (Å²) in [6, 6.07) is 0. The monoisotopic (exact) mass is 241 g/mol. The number of nitrogens with zero attached hydrogens (tertiary/aromatic N) is 1. The summed E-state index contributed by atoms with van der Waals surface area (Å²) in [5, 5.41) is 3.11. The second-order valence-electron chi connectivity index (χ2n) is 4.46. The molecule has 2 rings (SSSR count). The number of hydrogen-bond donors (Lipinski definition) is 2. The van der Waals surface area contributed by atoms with Crippen molar-refractivity contribution in [2.24, 2.45) is 5.41 Å². The van der Waals surface area contributed by atoms with E-state index in [0.29, 0.717) is 11.7 Å². The minimum Gasteiger partial charge on any atom is -0.365 e. The number of rotatable bonds is 4. The topological polar surface area (TPSA) is 57.8 Å². The van der Waals surface area contributed by atoms with Crippen LogP contribution in [0.3, 0.4) is 0 Å². The van der Waals surface area contributed by atoms with Crippen molar-refractivity contribution >= 4 is 17.4 Å². The van der Waals surface area contributed by atoms with Crippen LogP contribution in [0.1, 0.15) is 25.7 Å². The number of nitrogens with one attached hydrogen (secondary N) is 2. The summed E-state index contributed by atoms with van der Waals surface area (Å²) in [7, 11) is 0. The molecule has 0 bridgehead atoms. The summed E-state index contributed by atoms with van der Waals surface area (Å²) < 4.78 is 0. The van der Waals surface area contributed by atoms with Crippen molar-refractivity contribution in [2.75, 3.05) is 17.7 Å². The van der Waals surface area contributed by atoms with Crippen LogP contribution in [0.25, 0.3) is 0 Å². The lowest BCUT2D eigenvalue weighted by Gasteiger charge is -2.26. The Morgan fingerprint density at radius 1 is 1.50 bits per heavy atom. The smallest absolute Gasteiger partial charge is 0.290 e. The van der Waals surface area contributed by atoms with Gasteiger partial charge >= 0.3 is 0 Å². The third kappa shape index (κ3) is 2.38. The van der Waals surface area contributed by atoms with Gasteiger partial charge in [-0.1, -0.05) is 12.8 Å². The third-order valence-electron chi connectivity index (χ3n) is 3.29. The first-order valence-corrected chi connectivity index (χ1v) is 6.13. The van der Waals surface area contributed by atoms with Crippen LogP contribution >= 0.6 is 11.6 Å². The van der Waals surface area contributed by atoms with Crippen molar-refractivity contribution in [3.63, 3.8) is 0 Å². The fourth-order valence-electron chi connectivity index (χ4n) is 2.23. The fourth-order valence-corrected chi connectivity index (χ4v) is 2.59. The molecule has 16 heavy (non-hydrogen) atoms. The predicted molar refractivity (Wildman–Crippen MR) is 65.0 cm³/mol. The number of halogens is 1. The van der Waals surface area contributed by atoms with E-state index in [1.165, 1.54) is 19.0 Å². The van der Waals surface area contributed by atoms with Crippen molar-refractivity contribution in [3.8, 4) is 0 Å². The van der Waals surface area contributed by atoms with Gasteiger partial charge in [0.1, 0.15) is 0 Å². The molecule has 1 aliphatic rings. The van der Waals surface area contributed by atoms with E-state index in [1.807, 2.05) is 0 Å². The van der Waals surface area contributed by atoms with Gasteiger partial charge < -0.3 is 10.3 Å². The Kier molecular flexibility index (Phi) is 3.49. The fraction of sp³-hybridized carbons (Fsp3) is 0.636. The molecule has 0 aromatic carbocycles. The van der Waals surface area contributed by atoms with Crippen molar-refractivity contribution < 1.29 is 0 Å². The Morgan fingerprint density at radius 3 is 2.88 bits per heavy atom. The van der Waals surface area contributed by atoms with Gasteiger partial charge in [0.2, 0.25) is 0 Å². The highest BCUT2D eigenvalue weighted by Gasteiger charge is 2.32. The van der Waals surface area contributed by atoms with Gasteiger partial charge in [-0.25, -0.2) is 4.98 Å². The molecule has 88 valence electrons. The SMILES string of the molecule is O=c1[nH]ccnc1NCC1(CCl)CCCC1. The molecule has 0 atom stereocenters. The van der Waals surface area contributed by atoms with Crippen LogP contribution in [0, 0.1) is 5.41 Å². The number of aromatic amines is 1. The molecule has 1 saturated carbocycles. The molecule has 0 unspecified atom stereocenters. The van der Waals surface area contributed by atoms with Gasteiger partial charge in [0.25, 0.3) is 5.56 Å². The molecule has 0 radical (unpaired) electrons. The quantitative estimate of drug-likeness (QED) is 0.793. The Morgan fingerprint density at radius 2 is 2.25 bits per heavy atom. The third-order valence-corrected chi connectivity index (χ3v) is 3.85. The second-order valence-corrected chi connectivity index (χ2v) is 4.73. The summed E-state index contributed by atoms with van der Waals surface area (Å²) in [4.78, 5) is 18.0. The Balaban J connectivity index is 2.01. The van der Waals surface area contributed by atoms with Crippen molar-refractivity contribution in [1.29, 1.82) is 0 Å². The standard InChI is InChI=1S/C11H16ClN3O/c12-7-11(3-1-2-4-11)8-15-9-10(16)14-6-5-13-9/h5-6H,1-4,7-8H2,(H,13,15)(H,14,16). The first-order valence-electron chi connectivity index (χ1n) is 5.59. The average molecular weight is 242 g/mol. The lowest BCUT2D eigenvalue weighted by atomic mass is 9.88. The molecule has 1 heterocycles. The van der Waals surface area contributed by atoms with Crippen LogP contribution in [0.4, 0.5) is 5.82 Å². The van der Waals surface area contributed by atoms with Gasteiger partial charge in [-0.3, -0.25) is 4.79 Å². The number of aromatic nitrogens is 2. The zero-order valence-electron chi connectivity index (χ0n) is 9.13. The molecule has 0 amide bonds. The van der Waals surface area contributed by atoms with Crippen molar-refractivity contribution in [3.05, 3.63) is 22.7 Å². The normalized spacial score (nSPS) is 18.6. The average Bonchev–Trinajstić information content (AvgIpc) is 2.78. The molecule has 1 aliphatic carbocycles. The van der Waals surface area contributed by atoms with E-state index in [2.05, 4.69) is 15.3 Å². The van der Waals surface area contributed by atoms with E-state index in [0.717, 1.165) is 19.4 Å². The molecule has 0 saturated heterocycles. The number of hydrogen-bond acceptors (Lipinski definition) is 3. The number of H-pyrrole nitrogens is 1. The van der Waals surface area contributed by atoms with E-state index >= 15 is 0 Å². The maximum Gasteiger partial charge on any atom is 0.290 e. The van der Waals surface area contributed by atoms with E-state index in [-0.39, 0.29) is 11.0 Å². The van der Waals surface area contributed by atoms with Crippen molar-refractivity contribution in [2.45, 2.75) is 25.7 Å². The van der Waals surface area contributed by atoms with Crippen molar-refractivity contribution in [1.82, 2.24) is 9.97 Å². The largest absolute Gasteiger partial charge is 0.365 e. The van der Waals surface area contributed by atoms with Crippen LogP contribution in [0.2, 0.25) is 0 Å². The zero-order valence-corrected chi connectivity index (χ0v) is 9.89. The molecular formula is C11H16ClN3O. The molecular weight excluding hydrogens is 226 g/mol. The second kappa shape index (κ2) is 4.87. The van der Waals surface area contributed by atoms with Gasteiger partial charge in [-0.15, -0.1) is 11.6 Å². The molecule has 5 heteroatoms. The van der Waals surface area contributed by atoms with Crippen LogP contribution in [-0.4, -0.2) is 22.4 Å². The first kappa shape index (κ1) is 11.5. The predicted octanol–water partition coefficient (Wildman–Crippen LogP) is 1.98. The molecule has 0 spiro atoms. The lowest BCUT2D eigenvalue weighted by Crippen LogP contribution is -2.30. The van der Waals surface area contributed by atoms with E-state index in [4.69, 9.17) is 11.6 Å². The maximum atomic E-state index is 11.4. The van der Waals surface area contributed by atoms with E-state index in [9.17, 15) is 4.79 Å². The van der Waals surface area contributed by atoms with Gasteiger partial charge in [-0.05, 0) is 12.8 Å². The Hall–Kier alpha value is -1.03. The minimum absolute atomic E-state index is 0.144. The Labute approximate surface area is 99.4 Å². The highest BCUT2D eigenvalue weighted by atomic mass is 35.5. The zero-order chi connectivity index (χ0) is 11.4. The van der Waals surface area contributed by atoms with Crippen LogP contribution in [0.5, 0.6) is 0 Å². The summed E-state index contributed by atoms with van der Waals surface area (Å²) in [5.41, 5.74) is -0.0314. The summed E-state index contributed by atoms with van der Waals surface area (Å²) in [6.07, 6.45) is 7.83. The minimum atomic E-state index is -0.176. The lowest BCUT2D eigenvalue weighted by molar-refractivity contribution is 0.368. The maximum absolute atomic E-state index is 11.4. The summed E-state index contributed by atoms with van der Waals surface area (Å²) >= 11 is 6.02. The highest BCUT2D eigenvalue weighted by Crippen LogP contribution is 2.38. The molecule has 1 aromatic rings. The van der Waals surface area contributed by atoms with E-state index in [1.54, 1.807) is 6.20 Å². The molecule has 0 aliphatic heterocycles. The van der Waals surface area contributed by atoms with Gasteiger partial charge in [0.15, 0.2) is 5.82 Å². The van der Waals surface area contributed by atoms with Crippen LogP contribution in [0.15, 0.2) is 17.2 Å². The van der Waals surface area contributed by atoms with Crippen LogP contribution < -0.4 is 10.9 Å². The first-order chi connectivity index (χ1) is 7.76. The van der Waals surface area contributed by atoms with Gasteiger partial charge in [0.05, 0.1) is 0 Å². The highest BCUT2D eigenvalue weighted by molar-refractivity contribution is 6.18. The Bertz CT molecular complexity index is 398. The number of alkyl halides is 1. The summed E-state index contributed by atoms with van der Waals surface area (Å²) in [6.45, 7) is 0.733. The molecule has 1 fully saturated rings. The van der Waals surface area contributed by atoms with Crippen LogP contribution in [-0.2, 0) is 0 Å². The summed E-state index contributed by atoms with van der Waals surface area (Å²) in [5.74, 6) is 1.03. The molecule has 1 aromatic heterocycles. The van der Waals surface area contributed by atoms with Gasteiger partial charge in [-0.2, -0.15) is 0 Å².